The fraction of sp³-hybridized carbons (Fsp3) is 0.125. The third kappa shape index (κ3) is 1.16. The van der Waals surface area contributed by atoms with Gasteiger partial charge in [0.15, 0.2) is 5.58 Å². The van der Waals surface area contributed by atoms with Crippen molar-refractivity contribution < 1.29 is 9.15 Å². The molecule has 4 heteroatoms. The Hall–Kier alpha value is -0.780. The highest BCUT2D eigenvalue weighted by Crippen LogP contribution is 2.23. The van der Waals surface area contributed by atoms with Crippen molar-refractivity contribution in [3.63, 3.8) is 0 Å². The normalized spacial score (nSPS) is 10.5. The third-order valence-electron chi connectivity index (χ3n) is 1.52. The van der Waals surface area contributed by atoms with E-state index in [-0.39, 0.29) is 0 Å². The number of oxazole rings is 1. The topological polar surface area (TPSA) is 35.3 Å². The molecule has 0 fully saturated rings. The summed E-state index contributed by atoms with van der Waals surface area (Å²) in [6.07, 6.45) is 0.314. The SMILES string of the molecule is COc1nc2c(I)cccc2o1. The summed E-state index contributed by atoms with van der Waals surface area (Å²) in [7, 11) is 1.54. The van der Waals surface area contributed by atoms with Gasteiger partial charge < -0.3 is 9.15 Å². The number of rotatable bonds is 1. The predicted molar refractivity (Wildman–Crippen MR) is 53.3 cm³/mol. The van der Waals surface area contributed by atoms with Gasteiger partial charge in [0.05, 0.1) is 7.11 Å². The second-order valence-corrected chi connectivity index (χ2v) is 3.43. The molecule has 0 aliphatic heterocycles. The van der Waals surface area contributed by atoms with Crippen LogP contribution in [0.25, 0.3) is 11.1 Å². The minimum absolute atomic E-state index is 0.314. The number of benzene rings is 1. The molecule has 0 aliphatic carbocycles. The van der Waals surface area contributed by atoms with Gasteiger partial charge in [-0.1, -0.05) is 6.07 Å². The molecule has 0 spiro atoms. The first-order valence-electron chi connectivity index (χ1n) is 3.40. The first kappa shape index (κ1) is 7.85. The summed E-state index contributed by atoms with van der Waals surface area (Å²) in [5.41, 5.74) is 1.62. The number of para-hydroxylation sites is 1. The minimum atomic E-state index is 0.314. The van der Waals surface area contributed by atoms with E-state index in [4.69, 9.17) is 9.15 Å². The molecule has 2 aromatic rings. The number of methoxy groups -OCH3 is 1. The molecule has 0 bridgehead atoms. The lowest BCUT2D eigenvalue weighted by Crippen LogP contribution is -1.80. The number of nitrogens with zero attached hydrogens (tertiary/aromatic N) is 1. The molecule has 0 atom stereocenters. The zero-order valence-corrected chi connectivity index (χ0v) is 8.53. The van der Waals surface area contributed by atoms with Crippen molar-refractivity contribution in [2.24, 2.45) is 0 Å². The van der Waals surface area contributed by atoms with Crippen molar-refractivity contribution in [2.75, 3.05) is 7.11 Å². The summed E-state index contributed by atoms with van der Waals surface area (Å²) in [6.45, 7) is 0. The van der Waals surface area contributed by atoms with Crippen molar-refractivity contribution in [3.8, 4) is 6.08 Å². The van der Waals surface area contributed by atoms with Gasteiger partial charge in [-0.3, -0.25) is 0 Å². The molecule has 3 nitrogen and oxygen atoms in total. The summed E-state index contributed by atoms with van der Waals surface area (Å²) in [5, 5.41) is 0. The highest BCUT2D eigenvalue weighted by atomic mass is 127. The van der Waals surface area contributed by atoms with Gasteiger partial charge >= 0.3 is 6.08 Å². The van der Waals surface area contributed by atoms with E-state index in [2.05, 4.69) is 27.6 Å². The van der Waals surface area contributed by atoms with Crippen LogP contribution in [0, 0.1) is 3.57 Å². The van der Waals surface area contributed by atoms with Gasteiger partial charge in [-0.05, 0) is 34.7 Å². The predicted octanol–water partition coefficient (Wildman–Crippen LogP) is 2.44. The van der Waals surface area contributed by atoms with Crippen LogP contribution >= 0.6 is 22.6 Å². The first-order chi connectivity index (χ1) is 5.81. The Morgan fingerprint density at radius 3 is 3.00 bits per heavy atom. The Morgan fingerprint density at radius 2 is 2.33 bits per heavy atom. The van der Waals surface area contributed by atoms with Crippen molar-refractivity contribution in [1.29, 1.82) is 0 Å². The van der Waals surface area contributed by atoms with E-state index in [0.29, 0.717) is 6.08 Å². The number of hydrogen-bond acceptors (Lipinski definition) is 3. The van der Waals surface area contributed by atoms with E-state index < -0.39 is 0 Å². The molecule has 0 amide bonds. The van der Waals surface area contributed by atoms with E-state index in [0.717, 1.165) is 14.7 Å². The van der Waals surface area contributed by atoms with Crippen LogP contribution in [0.5, 0.6) is 6.08 Å². The summed E-state index contributed by atoms with van der Waals surface area (Å²) >= 11 is 2.21. The Balaban J connectivity index is 2.74. The number of halogens is 1. The molecule has 0 N–H and O–H groups in total. The molecule has 2 rings (SSSR count). The van der Waals surface area contributed by atoms with Crippen molar-refractivity contribution in [1.82, 2.24) is 4.98 Å². The maximum Gasteiger partial charge on any atom is 0.394 e. The van der Waals surface area contributed by atoms with E-state index >= 15 is 0 Å². The van der Waals surface area contributed by atoms with Gasteiger partial charge in [-0.2, -0.15) is 4.98 Å². The summed E-state index contributed by atoms with van der Waals surface area (Å²) in [5.74, 6) is 0. The van der Waals surface area contributed by atoms with Gasteiger partial charge in [0.1, 0.15) is 5.52 Å². The van der Waals surface area contributed by atoms with Crippen molar-refractivity contribution >= 4 is 33.7 Å². The fourth-order valence-corrected chi connectivity index (χ4v) is 1.58. The number of hydrogen-bond donors (Lipinski definition) is 0. The van der Waals surface area contributed by atoms with E-state index in [9.17, 15) is 0 Å². The molecule has 12 heavy (non-hydrogen) atoms. The molecule has 0 saturated carbocycles. The lowest BCUT2D eigenvalue weighted by Gasteiger charge is -1.86. The number of aromatic nitrogens is 1. The second-order valence-electron chi connectivity index (χ2n) is 2.27. The Labute approximate surface area is 82.9 Å². The Bertz CT molecular complexity index is 410. The molecule has 0 unspecified atom stereocenters. The van der Waals surface area contributed by atoms with E-state index in [1.807, 2.05) is 18.2 Å². The molecular weight excluding hydrogens is 269 g/mol. The summed E-state index contributed by atoms with van der Waals surface area (Å²) in [4.78, 5) is 4.13. The van der Waals surface area contributed by atoms with Crippen molar-refractivity contribution in [2.45, 2.75) is 0 Å². The van der Waals surface area contributed by atoms with E-state index in [1.165, 1.54) is 7.11 Å². The van der Waals surface area contributed by atoms with Crippen molar-refractivity contribution in [3.05, 3.63) is 21.8 Å². The average molecular weight is 275 g/mol. The smallest absolute Gasteiger partial charge is 0.394 e. The lowest BCUT2D eigenvalue weighted by atomic mass is 10.3. The molecule has 1 aromatic carbocycles. The molecule has 62 valence electrons. The molecule has 0 saturated heterocycles. The van der Waals surface area contributed by atoms with Crippen LogP contribution in [0.3, 0.4) is 0 Å². The third-order valence-corrected chi connectivity index (χ3v) is 2.40. The molecule has 1 heterocycles. The maximum atomic E-state index is 5.26. The van der Waals surface area contributed by atoms with Crippen LogP contribution < -0.4 is 4.74 Å². The lowest BCUT2D eigenvalue weighted by molar-refractivity contribution is 0.299. The van der Waals surface area contributed by atoms with Crippen LogP contribution in [-0.4, -0.2) is 12.1 Å². The van der Waals surface area contributed by atoms with Gasteiger partial charge in [-0.15, -0.1) is 0 Å². The number of fused-ring (bicyclic) bond motifs is 1. The Morgan fingerprint density at radius 1 is 1.50 bits per heavy atom. The maximum absolute atomic E-state index is 5.26. The zero-order chi connectivity index (χ0) is 8.55. The monoisotopic (exact) mass is 275 g/mol. The molecule has 0 aliphatic rings. The largest absolute Gasteiger partial charge is 0.453 e. The van der Waals surface area contributed by atoms with Crippen LogP contribution in [0.2, 0.25) is 0 Å². The second kappa shape index (κ2) is 2.93. The standard InChI is InChI=1S/C8H6INO2/c1-11-8-10-7-5(9)3-2-4-6(7)12-8/h2-4H,1H3. The number of ether oxygens (including phenoxy) is 1. The van der Waals surface area contributed by atoms with Gasteiger partial charge in [0, 0.05) is 3.57 Å². The zero-order valence-electron chi connectivity index (χ0n) is 6.37. The first-order valence-corrected chi connectivity index (χ1v) is 4.48. The quantitative estimate of drug-likeness (QED) is 0.750. The van der Waals surface area contributed by atoms with Gasteiger partial charge in [0.25, 0.3) is 0 Å². The Kier molecular flexibility index (Phi) is 1.92. The van der Waals surface area contributed by atoms with E-state index in [1.54, 1.807) is 0 Å². The summed E-state index contributed by atoms with van der Waals surface area (Å²) < 4.78 is 11.2. The fourth-order valence-electron chi connectivity index (χ4n) is 0.982. The van der Waals surface area contributed by atoms with Crippen LogP contribution in [0.15, 0.2) is 22.6 Å². The molecule has 0 radical (unpaired) electrons. The summed E-state index contributed by atoms with van der Waals surface area (Å²) in [6, 6.07) is 5.77. The van der Waals surface area contributed by atoms with Crippen LogP contribution in [0.1, 0.15) is 0 Å². The molecule has 1 aromatic heterocycles. The average Bonchev–Trinajstić information content (AvgIpc) is 2.49. The van der Waals surface area contributed by atoms with Crippen LogP contribution in [-0.2, 0) is 0 Å². The van der Waals surface area contributed by atoms with Gasteiger partial charge in [-0.25, -0.2) is 0 Å². The highest BCUT2D eigenvalue weighted by Gasteiger charge is 2.06. The minimum Gasteiger partial charge on any atom is -0.453 e. The molecular formula is C8H6INO2. The van der Waals surface area contributed by atoms with Crippen LogP contribution in [0.4, 0.5) is 0 Å². The van der Waals surface area contributed by atoms with Gasteiger partial charge in [0.2, 0.25) is 0 Å². The highest BCUT2D eigenvalue weighted by molar-refractivity contribution is 14.1.